The first-order chi connectivity index (χ1) is 12.5. The number of aromatic nitrogens is 3. The second-order valence-corrected chi connectivity index (χ2v) is 7.34. The van der Waals surface area contributed by atoms with Gasteiger partial charge in [-0.3, -0.25) is 4.79 Å². The van der Waals surface area contributed by atoms with Crippen molar-refractivity contribution in [3.63, 3.8) is 0 Å². The number of halogens is 1. The minimum atomic E-state index is -0.921. The summed E-state index contributed by atoms with van der Waals surface area (Å²) in [4.78, 5) is 17.2. The number of hydrogen-bond donors (Lipinski definition) is 1. The number of benzene rings is 1. The van der Waals surface area contributed by atoms with Crippen LogP contribution in [0.15, 0.2) is 42.0 Å². The minimum Gasteiger partial charge on any atom is -0.435 e. The molecule has 0 spiro atoms. The number of anilines is 1. The van der Waals surface area contributed by atoms with E-state index in [1.807, 2.05) is 19.9 Å². The van der Waals surface area contributed by atoms with Crippen molar-refractivity contribution in [3.05, 3.63) is 59.0 Å². The number of amides is 1. The van der Waals surface area contributed by atoms with E-state index in [0.29, 0.717) is 16.6 Å². The Morgan fingerprint density at radius 3 is 2.85 bits per heavy atom. The van der Waals surface area contributed by atoms with Crippen LogP contribution in [0.5, 0.6) is 11.6 Å². The van der Waals surface area contributed by atoms with Crippen LogP contribution >= 0.6 is 11.3 Å². The Balaban J connectivity index is 1.82. The van der Waals surface area contributed by atoms with E-state index in [1.54, 1.807) is 29.9 Å². The van der Waals surface area contributed by atoms with E-state index in [9.17, 15) is 9.18 Å². The third-order valence-corrected chi connectivity index (χ3v) is 5.11. The van der Waals surface area contributed by atoms with Crippen LogP contribution < -0.4 is 10.1 Å². The molecule has 3 heterocycles. The highest BCUT2D eigenvalue weighted by Crippen LogP contribution is 2.52. The molecule has 1 atom stereocenters. The van der Waals surface area contributed by atoms with E-state index >= 15 is 0 Å². The van der Waals surface area contributed by atoms with E-state index in [0.717, 1.165) is 5.56 Å². The molecule has 1 amide bonds. The Morgan fingerprint density at radius 1 is 1.27 bits per heavy atom. The lowest BCUT2D eigenvalue weighted by atomic mass is 9.69. The highest BCUT2D eigenvalue weighted by molar-refractivity contribution is 7.13. The maximum atomic E-state index is 14.4. The van der Waals surface area contributed by atoms with E-state index in [2.05, 4.69) is 20.5 Å². The molecule has 1 unspecified atom stereocenters. The van der Waals surface area contributed by atoms with Crippen molar-refractivity contribution in [2.24, 2.45) is 5.41 Å². The Bertz CT molecular complexity index is 975. The predicted molar refractivity (Wildman–Crippen MR) is 94.9 cm³/mol. The highest BCUT2D eigenvalue weighted by Gasteiger charge is 2.44. The maximum Gasteiger partial charge on any atom is 0.232 e. The summed E-state index contributed by atoms with van der Waals surface area (Å²) in [6.45, 7) is 3.62. The van der Waals surface area contributed by atoms with E-state index < -0.39 is 17.2 Å². The Kier molecular flexibility index (Phi) is 3.91. The lowest BCUT2D eigenvalue weighted by Gasteiger charge is -2.37. The summed E-state index contributed by atoms with van der Waals surface area (Å²) in [5, 5.41) is 10.8. The predicted octanol–water partition coefficient (Wildman–Crippen LogP) is 3.97. The number of carbonyl (C=O) groups is 1. The fourth-order valence-corrected chi connectivity index (χ4v) is 3.67. The summed E-state index contributed by atoms with van der Waals surface area (Å²) in [7, 11) is 0. The molecule has 0 bridgehead atoms. The largest absolute Gasteiger partial charge is 0.435 e. The van der Waals surface area contributed by atoms with Crippen LogP contribution in [-0.2, 0) is 4.79 Å². The third kappa shape index (κ3) is 2.62. The second-order valence-electron chi connectivity index (χ2n) is 6.51. The first kappa shape index (κ1) is 16.6. The van der Waals surface area contributed by atoms with Gasteiger partial charge in [-0.1, -0.05) is 43.4 Å². The molecule has 0 fully saturated rings. The lowest BCUT2D eigenvalue weighted by molar-refractivity contribution is -0.124. The van der Waals surface area contributed by atoms with Gasteiger partial charge in [0.25, 0.3) is 0 Å². The fraction of sp³-hybridized carbons (Fsp3) is 0.222. The topological polar surface area (TPSA) is 77.0 Å². The van der Waals surface area contributed by atoms with Crippen molar-refractivity contribution >= 4 is 22.4 Å². The molecule has 8 heteroatoms. The van der Waals surface area contributed by atoms with Crippen molar-refractivity contribution < 1.29 is 13.9 Å². The molecule has 0 radical (unpaired) electrons. The van der Waals surface area contributed by atoms with E-state index in [1.165, 1.54) is 17.4 Å². The third-order valence-electron chi connectivity index (χ3n) is 4.51. The quantitative estimate of drug-likeness (QED) is 0.755. The summed E-state index contributed by atoms with van der Waals surface area (Å²) >= 11 is 1.24. The Labute approximate surface area is 153 Å². The summed E-state index contributed by atoms with van der Waals surface area (Å²) < 4.78 is 20.0. The molecule has 132 valence electrons. The van der Waals surface area contributed by atoms with E-state index in [4.69, 9.17) is 4.74 Å². The standard InChI is InChI=1S/C18H15FN4O2S/c1-18(2,16(24)22-17-23-21-9-26-17)13-10-5-3-7-12(19)14(10)25-15-11(13)6-4-8-20-15/h3-9,13H,1-2H3,(H,22,23,24). The average Bonchev–Trinajstić information content (AvgIpc) is 3.13. The first-order valence-electron chi connectivity index (χ1n) is 7.97. The summed E-state index contributed by atoms with van der Waals surface area (Å²) in [6, 6.07) is 8.35. The molecule has 1 N–H and O–H groups in total. The van der Waals surface area contributed by atoms with Gasteiger partial charge >= 0.3 is 0 Å². The van der Waals surface area contributed by atoms with Gasteiger partial charge in [0.05, 0.1) is 5.41 Å². The number of fused-ring (bicyclic) bond motifs is 2. The first-order valence-corrected chi connectivity index (χ1v) is 8.85. The molecule has 4 rings (SSSR count). The van der Waals surface area contributed by atoms with Gasteiger partial charge in [0, 0.05) is 23.2 Å². The average molecular weight is 370 g/mol. The second kappa shape index (κ2) is 6.14. The molecule has 1 aliphatic heterocycles. The maximum absolute atomic E-state index is 14.4. The summed E-state index contributed by atoms with van der Waals surface area (Å²) in [5.74, 6) is -0.735. The summed E-state index contributed by atoms with van der Waals surface area (Å²) in [6.07, 6.45) is 1.58. The molecule has 0 saturated carbocycles. The smallest absolute Gasteiger partial charge is 0.232 e. The van der Waals surface area contributed by atoms with Crippen LogP contribution in [0.4, 0.5) is 9.52 Å². The van der Waals surface area contributed by atoms with E-state index in [-0.39, 0.29) is 11.7 Å². The van der Waals surface area contributed by atoms with Crippen molar-refractivity contribution in [2.75, 3.05) is 5.32 Å². The van der Waals surface area contributed by atoms with Crippen LogP contribution in [-0.4, -0.2) is 21.1 Å². The zero-order chi connectivity index (χ0) is 18.3. The van der Waals surface area contributed by atoms with Gasteiger partial charge in [-0.15, -0.1) is 10.2 Å². The van der Waals surface area contributed by atoms with Gasteiger partial charge < -0.3 is 10.1 Å². The molecule has 0 aliphatic carbocycles. The number of nitrogens with one attached hydrogen (secondary N) is 1. The van der Waals surface area contributed by atoms with Crippen LogP contribution in [0, 0.1) is 11.2 Å². The zero-order valence-corrected chi connectivity index (χ0v) is 14.9. The molecule has 2 aromatic heterocycles. The SMILES string of the molecule is CC(C)(C(=O)Nc1nncs1)C1c2cccnc2Oc2c(F)cccc21. The zero-order valence-electron chi connectivity index (χ0n) is 14.1. The number of nitrogens with zero attached hydrogens (tertiary/aromatic N) is 3. The fourth-order valence-electron chi connectivity index (χ4n) is 3.23. The molecule has 3 aromatic rings. The normalized spacial score (nSPS) is 15.6. The number of carbonyl (C=O) groups excluding carboxylic acids is 1. The summed E-state index contributed by atoms with van der Waals surface area (Å²) in [5.41, 5.74) is 1.97. The van der Waals surface area contributed by atoms with Crippen LogP contribution in [0.25, 0.3) is 0 Å². The molecule has 1 aromatic carbocycles. The van der Waals surface area contributed by atoms with Crippen LogP contribution in [0.1, 0.15) is 30.9 Å². The molecule has 0 saturated heterocycles. The van der Waals surface area contributed by atoms with Gasteiger partial charge in [-0.05, 0) is 12.1 Å². The Hall–Kier alpha value is -2.87. The molecule has 6 nitrogen and oxygen atoms in total. The minimum absolute atomic E-state index is 0.112. The van der Waals surface area contributed by atoms with Gasteiger partial charge in [-0.2, -0.15) is 0 Å². The van der Waals surface area contributed by atoms with Crippen molar-refractivity contribution in [1.29, 1.82) is 0 Å². The van der Waals surface area contributed by atoms with Crippen molar-refractivity contribution in [1.82, 2.24) is 15.2 Å². The van der Waals surface area contributed by atoms with Gasteiger partial charge in [0.15, 0.2) is 11.6 Å². The lowest BCUT2D eigenvalue weighted by Crippen LogP contribution is -2.38. The molecular formula is C18H15FN4O2S. The van der Waals surface area contributed by atoms with Gasteiger partial charge in [0.1, 0.15) is 5.51 Å². The Morgan fingerprint density at radius 2 is 2.08 bits per heavy atom. The number of hydrogen-bond acceptors (Lipinski definition) is 6. The number of para-hydroxylation sites is 1. The monoisotopic (exact) mass is 370 g/mol. The number of ether oxygens (including phenoxy) is 1. The molecule has 26 heavy (non-hydrogen) atoms. The van der Waals surface area contributed by atoms with Gasteiger partial charge in [0.2, 0.25) is 16.9 Å². The molecular weight excluding hydrogens is 355 g/mol. The van der Waals surface area contributed by atoms with Gasteiger partial charge in [-0.25, -0.2) is 9.37 Å². The van der Waals surface area contributed by atoms with Crippen LogP contribution in [0.2, 0.25) is 0 Å². The number of pyridine rings is 1. The van der Waals surface area contributed by atoms with Crippen LogP contribution in [0.3, 0.4) is 0 Å². The highest BCUT2D eigenvalue weighted by atomic mass is 32.1. The molecule has 1 aliphatic rings. The van der Waals surface area contributed by atoms with Crippen molar-refractivity contribution in [2.45, 2.75) is 19.8 Å². The van der Waals surface area contributed by atoms with Crippen molar-refractivity contribution in [3.8, 4) is 11.6 Å². The number of rotatable bonds is 3.